The van der Waals surface area contributed by atoms with Crippen LogP contribution in [-0.2, 0) is 13.5 Å². The molecule has 88 valence electrons. The number of pyridine rings is 1. The molecule has 0 amide bonds. The molecule has 2 heterocycles. The lowest BCUT2D eigenvalue weighted by molar-refractivity contribution is 0.0986. The van der Waals surface area contributed by atoms with Gasteiger partial charge in [-0.25, -0.2) is 4.39 Å². The number of nitrogens with zero attached hydrogens (tertiary/aromatic N) is 3. The molecular weight excluding hydrogens is 221 g/mol. The molecule has 4 nitrogen and oxygen atoms in total. The summed E-state index contributed by atoms with van der Waals surface area (Å²) in [5.41, 5.74) is 1.67. The number of Topliss-reactive ketones (excluding diaryl/α,β-unsaturated/α-hetero) is 1. The Morgan fingerprint density at radius 3 is 2.88 bits per heavy atom. The molecule has 0 saturated heterocycles. The normalized spacial score (nSPS) is 10.5. The quantitative estimate of drug-likeness (QED) is 0.758. The van der Waals surface area contributed by atoms with Gasteiger partial charge >= 0.3 is 0 Å². The third-order valence-corrected chi connectivity index (χ3v) is 2.51. The van der Waals surface area contributed by atoms with E-state index >= 15 is 0 Å². The zero-order valence-electron chi connectivity index (χ0n) is 9.64. The Morgan fingerprint density at radius 2 is 2.29 bits per heavy atom. The van der Waals surface area contributed by atoms with Crippen LogP contribution in [0.15, 0.2) is 24.5 Å². The Labute approximate surface area is 98.1 Å². The summed E-state index contributed by atoms with van der Waals surface area (Å²) in [5, 5.41) is 4.14. The first-order chi connectivity index (χ1) is 8.08. The number of halogens is 1. The van der Waals surface area contributed by atoms with Crippen LogP contribution < -0.4 is 0 Å². The van der Waals surface area contributed by atoms with Crippen LogP contribution in [0, 0.1) is 12.7 Å². The van der Waals surface area contributed by atoms with E-state index in [1.807, 2.05) is 13.0 Å². The first-order valence-electron chi connectivity index (χ1n) is 5.20. The van der Waals surface area contributed by atoms with Crippen LogP contribution in [0.2, 0.25) is 0 Å². The summed E-state index contributed by atoms with van der Waals surface area (Å²) < 4.78 is 15.0. The van der Waals surface area contributed by atoms with Crippen molar-refractivity contribution < 1.29 is 9.18 Å². The highest BCUT2D eigenvalue weighted by atomic mass is 19.1. The summed E-state index contributed by atoms with van der Waals surface area (Å²) in [4.78, 5) is 15.5. The standard InChI is InChI=1S/C12H12FN3O/c1-8-5-9(16(2)15-8)6-12(17)10-3-4-14-7-11(10)13/h3-5,7H,6H2,1-2H3. The highest BCUT2D eigenvalue weighted by molar-refractivity contribution is 5.97. The highest BCUT2D eigenvalue weighted by Gasteiger charge is 2.14. The van der Waals surface area contributed by atoms with E-state index in [9.17, 15) is 9.18 Å². The fourth-order valence-corrected chi connectivity index (χ4v) is 1.69. The summed E-state index contributed by atoms with van der Waals surface area (Å²) in [6.07, 6.45) is 2.59. The monoisotopic (exact) mass is 233 g/mol. The molecule has 0 aliphatic rings. The minimum atomic E-state index is -0.587. The molecule has 5 heteroatoms. The summed E-state index contributed by atoms with van der Waals surface area (Å²) >= 11 is 0. The van der Waals surface area contributed by atoms with E-state index in [1.54, 1.807) is 11.7 Å². The molecule has 0 spiro atoms. The second-order valence-electron chi connectivity index (χ2n) is 3.86. The van der Waals surface area contributed by atoms with E-state index in [0.717, 1.165) is 17.6 Å². The van der Waals surface area contributed by atoms with Crippen LogP contribution in [0.3, 0.4) is 0 Å². The molecular formula is C12H12FN3O. The van der Waals surface area contributed by atoms with Gasteiger partial charge < -0.3 is 0 Å². The predicted octanol–water partition coefficient (Wildman–Crippen LogP) is 1.69. The van der Waals surface area contributed by atoms with Crippen molar-refractivity contribution in [1.82, 2.24) is 14.8 Å². The number of hydrogen-bond acceptors (Lipinski definition) is 3. The van der Waals surface area contributed by atoms with Gasteiger partial charge in [-0.2, -0.15) is 5.10 Å². The summed E-state index contributed by atoms with van der Waals surface area (Å²) in [5.74, 6) is -0.857. The molecule has 0 saturated carbocycles. The van der Waals surface area contributed by atoms with Crippen molar-refractivity contribution in [3.05, 3.63) is 47.3 Å². The number of ketones is 1. The second-order valence-corrected chi connectivity index (χ2v) is 3.86. The Hall–Kier alpha value is -2.04. The maximum atomic E-state index is 13.3. The van der Waals surface area contributed by atoms with E-state index in [-0.39, 0.29) is 17.8 Å². The van der Waals surface area contributed by atoms with Gasteiger partial charge in [-0.3, -0.25) is 14.5 Å². The molecule has 2 aromatic rings. The summed E-state index contributed by atoms with van der Waals surface area (Å²) in [6.45, 7) is 1.85. The van der Waals surface area contributed by atoms with Crippen molar-refractivity contribution in [2.24, 2.45) is 7.05 Å². The number of carbonyl (C=O) groups is 1. The van der Waals surface area contributed by atoms with Gasteiger partial charge in [0.15, 0.2) is 11.6 Å². The van der Waals surface area contributed by atoms with Crippen molar-refractivity contribution in [3.8, 4) is 0 Å². The minimum Gasteiger partial charge on any atom is -0.294 e. The molecule has 0 aromatic carbocycles. The van der Waals surface area contributed by atoms with E-state index in [2.05, 4.69) is 10.1 Å². The second kappa shape index (κ2) is 4.45. The number of hydrogen-bond donors (Lipinski definition) is 0. The number of aryl methyl sites for hydroxylation is 2. The van der Waals surface area contributed by atoms with Crippen LogP contribution in [0.1, 0.15) is 21.7 Å². The van der Waals surface area contributed by atoms with Crippen LogP contribution in [-0.4, -0.2) is 20.5 Å². The molecule has 17 heavy (non-hydrogen) atoms. The third kappa shape index (κ3) is 2.38. The lowest BCUT2D eigenvalue weighted by Crippen LogP contribution is -2.09. The molecule has 0 aliphatic heterocycles. The van der Waals surface area contributed by atoms with Crippen LogP contribution in [0.5, 0.6) is 0 Å². The van der Waals surface area contributed by atoms with Crippen molar-refractivity contribution in [2.45, 2.75) is 13.3 Å². The van der Waals surface area contributed by atoms with Gasteiger partial charge in [0.1, 0.15) is 0 Å². The lowest BCUT2D eigenvalue weighted by Gasteiger charge is -2.02. The van der Waals surface area contributed by atoms with Gasteiger partial charge in [0.2, 0.25) is 0 Å². The van der Waals surface area contributed by atoms with Crippen molar-refractivity contribution in [3.63, 3.8) is 0 Å². The van der Waals surface area contributed by atoms with E-state index in [0.29, 0.717) is 0 Å². The molecule has 2 rings (SSSR count). The Bertz CT molecular complexity index is 563. The minimum absolute atomic E-state index is 0.0684. The molecule has 0 bridgehead atoms. The van der Waals surface area contributed by atoms with Gasteiger partial charge in [-0.15, -0.1) is 0 Å². The predicted molar refractivity (Wildman–Crippen MR) is 60.2 cm³/mol. The zero-order valence-corrected chi connectivity index (χ0v) is 9.64. The molecule has 2 aromatic heterocycles. The van der Waals surface area contributed by atoms with Crippen molar-refractivity contribution in [2.75, 3.05) is 0 Å². The number of rotatable bonds is 3. The van der Waals surface area contributed by atoms with Crippen molar-refractivity contribution in [1.29, 1.82) is 0 Å². The molecule has 0 atom stereocenters. The van der Waals surface area contributed by atoms with Crippen molar-refractivity contribution >= 4 is 5.78 Å². The van der Waals surface area contributed by atoms with Gasteiger partial charge in [0.05, 0.1) is 23.9 Å². The topological polar surface area (TPSA) is 47.8 Å². The van der Waals surface area contributed by atoms with Gasteiger partial charge in [-0.05, 0) is 19.1 Å². The summed E-state index contributed by atoms with van der Waals surface area (Å²) in [6, 6.07) is 3.21. The fraction of sp³-hybridized carbons (Fsp3) is 0.250. The summed E-state index contributed by atoms with van der Waals surface area (Å²) in [7, 11) is 1.76. The lowest BCUT2D eigenvalue weighted by atomic mass is 10.1. The van der Waals surface area contributed by atoms with Crippen LogP contribution in [0.25, 0.3) is 0 Å². The molecule has 0 unspecified atom stereocenters. The smallest absolute Gasteiger partial charge is 0.171 e. The molecule has 0 N–H and O–H groups in total. The Kier molecular flexibility index (Phi) is 2.99. The molecule has 0 fully saturated rings. The van der Waals surface area contributed by atoms with Crippen LogP contribution in [0.4, 0.5) is 4.39 Å². The SMILES string of the molecule is Cc1cc(CC(=O)c2ccncc2F)n(C)n1. The van der Waals surface area contributed by atoms with Gasteiger partial charge in [0.25, 0.3) is 0 Å². The highest BCUT2D eigenvalue weighted by Crippen LogP contribution is 2.10. The Balaban J connectivity index is 2.23. The van der Waals surface area contributed by atoms with Crippen LogP contribution >= 0.6 is 0 Å². The number of carbonyl (C=O) groups excluding carboxylic acids is 1. The number of aromatic nitrogens is 3. The average molecular weight is 233 g/mol. The van der Waals surface area contributed by atoms with E-state index in [4.69, 9.17) is 0 Å². The largest absolute Gasteiger partial charge is 0.294 e. The maximum absolute atomic E-state index is 13.3. The molecule has 0 aliphatic carbocycles. The first-order valence-corrected chi connectivity index (χ1v) is 5.20. The van der Waals surface area contributed by atoms with Gasteiger partial charge in [-0.1, -0.05) is 0 Å². The van der Waals surface area contributed by atoms with E-state index in [1.165, 1.54) is 12.3 Å². The third-order valence-electron chi connectivity index (χ3n) is 2.51. The first kappa shape index (κ1) is 11.4. The Morgan fingerprint density at radius 1 is 1.53 bits per heavy atom. The molecule has 0 radical (unpaired) electrons. The zero-order chi connectivity index (χ0) is 12.4. The van der Waals surface area contributed by atoms with E-state index < -0.39 is 5.82 Å². The fourth-order valence-electron chi connectivity index (χ4n) is 1.69. The van der Waals surface area contributed by atoms with Gasteiger partial charge in [0, 0.05) is 18.9 Å². The average Bonchev–Trinajstić information content (AvgIpc) is 2.58. The maximum Gasteiger partial charge on any atom is 0.171 e.